The minimum atomic E-state index is -0.873. The van der Waals surface area contributed by atoms with Crippen LogP contribution in [0.3, 0.4) is 0 Å². The third-order valence-corrected chi connectivity index (χ3v) is 9.82. The summed E-state index contributed by atoms with van der Waals surface area (Å²) in [5.41, 5.74) is 1.78. The Morgan fingerprint density at radius 1 is 0.780 bits per heavy atom. The van der Waals surface area contributed by atoms with Crippen LogP contribution >= 0.6 is 69.6 Å². The number of aromatic nitrogens is 2. The second kappa shape index (κ2) is 21.7. The first-order chi connectivity index (χ1) is 22.1. The van der Waals surface area contributed by atoms with Crippen LogP contribution in [0.2, 0.25) is 20.1 Å². The van der Waals surface area contributed by atoms with Gasteiger partial charge >= 0.3 is 5.43 Å². The van der Waals surface area contributed by atoms with Crippen LogP contribution in [-0.2, 0) is 11.3 Å². The molecule has 3 aromatic rings. The molecule has 1 N–H and O–H groups in total. The fourth-order valence-corrected chi connectivity index (χ4v) is 8.29. The molecule has 0 aliphatic carbocycles. The van der Waals surface area contributed by atoms with Gasteiger partial charge in [-0.1, -0.05) is 118 Å². The molecule has 0 spiro atoms. The molecule has 4 fully saturated rings. The molecule has 14 heteroatoms. The summed E-state index contributed by atoms with van der Waals surface area (Å²) in [5, 5.41) is 6.05. The molecule has 7 rings (SSSR count). The van der Waals surface area contributed by atoms with Crippen molar-refractivity contribution in [3.63, 3.8) is 0 Å². The fourth-order valence-electron chi connectivity index (χ4n) is 6.87. The normalized spacial score (nSPS) is 22.1. The Bertz CT molecular complexity index is 1430. The third kappa shape index (κ3) is 12.2. The van der Waals surface area contributed by atoms with Crippen molar-refractivity contribution in [3.05, 3.63) is 80.8 Å². The van der Waals surface area contributed by atoms with Crippen LogP contribution in [0.5, 0.6) is 0 Å². The number of anilines is 2. The largest absolute Gasteiger partial charge is 0.434 e. The first-order valence-corrected chi connectivity index (χ1v) is 17.5. The zero-order valence-corrected chi connectivity index (χ0v) is 29.8. The van der Waals surface area contributed by atoms with Gasteiger partial charge in [-0.3, -0.25) is 14.9 Å². The van der Waals surface area contributed by atoms with Crippen molar-refractivity contribution >= 4 is 86.4 Å². The van der Waals surface area contributed by atoms with Gasteiger partial charge in [-0.25, -0.2) is 4.79 Å². The summed E-state index contributed by atoms with van der Waals surface area (Å²) < 4.78 is 4.14. The molecular weight excluding hydrogens is 761 g/mol. The number of halogens is 6. The zero-order valence-electron chi connectivity index (χ0n) is 25.3. The molecule has 6 heterocycles. The van der Waals surface area contributed by atoms with Crippen molar-refractivity contribution in [3.8, 4) is 0 Å². The van der Waals surface area contributed by atoms with E-state index in [1.807, 2.05) is 0 Å². The number of hydrogen-bond donors (Lipinski definition) is 1. The van der Waals surface area contributed by atoms with Crippen molar-refractivity contribution in [2.45, 2.75) is 73.7 Å². The van der Waals surface area contributed by atoms with E-state index in [1.165, 1.54) is 25.3 Å². The van der Waals surface area contributed by atoms with Gasteiger partial charge in [-0.05, 0) is 43.7 Å². The molecule has 4 bridgehead atoms. The molecule has 0 amide bonds. The Kier molecular flexibility index (Phi) is 20.1. The highest BCUT2D eigenvalue weighted by Gasteiger charge is 2.40. The van der Waals surface area contributed by atoms with Crippen molar-refractivity contribution in [2.24, 2.45) is 11.8 Å². The monoisotopic (exact) mass is 810 g/mol. The van der Waals surface area contributed by atoms with Crippen LogP contribution in [0.15, 0.2) is 55.1 Å². The summed E-state index contributed by atoms with van der Waals surface area (Å²) in [6, 6.07) is 11.7. The predicted octanol–water partition coefficient (Wildman–Crippen LogP) is 10.8. The van der Waals surface area contributed by atoms with Gasteiger partial charge in [0.15, 0.2) is 5.56 Å². The number of pyridine rings is 2. The van der Waals surface area contributed by atoms with Gasteiger partial charge in [0, 0.05) is 87.7 Å². The van der Waals surface area contributed by atoms with Crippen LogP contribution in [0, 0.1) is 11.8 Å². The Labute approximate surface area is 329 Å². The van der Waals surface area contributed by atoms with Crippen molar-refractivity contribution in [2.75, 3.05) is 49.1 Å². The maximum atomic E-state index is 9.71. The van der Waals surface area contributed by atoms with E-state index >= 15 is 0 Å². The van der Waals surface area contributed by atoms with Gasteiger partial charge in [0.2, 0.25) is 0 Å². The number of nitrogens with one attached hydrogen (secondary N) is 1. The molecule has 1 aromatic carbocycles. The number of ether oxygens (including phenoxy) is 1. The topological polar surface area (TPSA) is 73.8 Å². The van der Waals surface area contributed by atoms with Crippen LogP contribution in [-0.4, -0.2) is 77.2 Å². The van der Waals surface area contributed by atoms with E-state index in [1.54, 1.807) is 24.8 Å². The molecule has 50 heavy (non-hydrogen) atoms. The lowest BCUT2D eigenvalue weighted by Crippen LogP contribution is -2.42. The fraction of sp³-hybridized carbons (Fsp3) is 0.528. The number of hydrogen-bond acceptors (Lipinski definition) is 8. The predicted molar refractivity (Wildman–Crippen MR) is 216 cm³/mol. The Balaban J connectivity index is 0.000000408. The summed E-state index contributed by atoms with van der Waals surface area (Å²) in [6.45, 7) is 8.91. The molecule has 5 unspecified atom stereocenters. The number of fused-ring (bicyclic) bond motifs is 4. The third-order valence-electron chi connectivity index (χ3n) is 8.54. The lowest BCUT2D eigenvalue weighted by atomic mass is 9.99. The number of alkyl halides is 1. The van der Waals surface area contributed by atoms with Gasteiger partial charge in [0.05, 0.1) is 31.5 Å². The maximum absolute atomic E-state index is 9.71. The summed E-state index contributed by atoms with van der Waals surface area (Å²) in [4.78, 5) is 25.1. The number of piperidine rings is 2. The molecule has 0 radical (unpaired) electrons. The second-order valence-corrected chi connectivity index (χ2v) is 14.5. The Morgan fingerprint density at radius 2 is 1.28 bits per heavy atom. The molecule has 0 saturated carbocycles. The number of carbonyl (C=O) groups is 1. The number of carbonyl (C=O) groups excluding carboxylic acids is 1. The minimum Gasteiger partial charge on any atom is -0.434 e. The minimum absolute atomic E-state index is 0. The highest BCUT2D eigenvalue weighted by atomic mass is 35.5. The molecule has 4 saturated heterocycles. The molecular formula is C36H52Cl6N6O2. The Hall–Kier alpha value is -1.75. The number of rotatable bonds is 5. The summed E-state index contributed by atoms with van der Waals surface area (Å²) in [6.07, 6.45) is 9.17. The highest BCUT2D eigenvalue weighted by Crippen LogP contribution is 2.41. The first kappa shape index (κ1) is 46.3. The average molecular weight is 814 g/mol. The van der Waals surface area contributed by atoms with Gasteiger partial charge in [-0.15, -0.1) is 0 Å². The quantitative estimate of drug-likeness (QED) is 0.202. The molecule has 5 atom stereocenters. The smallest absolute Gasteiger partial charge is 0.405 e. The second-order valence-electron chi connectivity index (χ2n) is 12.0. The standard InChI is InChI=1S/C18H19Cl2N3.C11H13Cl2N3.C3H4Cl2O2.4CH4/c19-16-7-21-8-17(20)18(16)23-11-14-6-15(23)12-22(10-14)9-13-4-2-1-3-5-13;12-9-4-15-5-10(13)11(9)16-6-7-1-8(16)3-14-2-7;1-2(4)7-3(5)6;;;;/h1-5,7-8,14-15H,6,9-12H2;4-5,7-8,14H,1-3,6H2;2H,1H3;4*1H4. The van der Waals surface area contributed by atoms with Crippen LogP contribution < -0.4 is 15.1 Å². The van der Waals surface area contributed by atoms with E-state index in [2.05, 4.69) is 65.1 Å². The van der Waals surface area contributed by atoms with E-state index in [0.29, 0.717) is 38.1 Å². The van der Waals surface area contributed by atoms with Crippen LogP contribution in [0.4, 0.5) is 16.2 Å². The van der Waals surface area contributed by atoms with Crippen LogP contribution in [0.25, 0.3) is 0 Å². The number of benzene rings is 1. The van der Waals surface area contributed by atoms with E-state index in [9.17, 15) is 4.79 Å². The van der Waals surface area contributed by atoms with Gasteiger partial charge in [0.1, 0.15) is 0 Å². The van der Waals surface area contributed by atoms with Gasteiger partial charge in [0.25, 0.3) is 0 Å². The number of nitrogens with zero attached hydrogens (tertiary/aromatic N) is 5. The lowest BCUT2D eigenvalue weighted by molar-refractivity contribution is 0.166. The van der Waals surface area contributed by atoms with E-state index in [0.717, 1.165) is 63.1 Å². The van der Waals surface area contributed by atoms with Crippen molar-refractivity contribution in [1.29, 1.82) is 0 Å². The van der Waals surface area contributed by atoms with Crippen molar-refractivity contribution < 1.29 is 9.53 Å². The summed E-state index contributed by atoms with van der Waals surface area (Å²) in [5.74, 6) is 1.40. The molecule has 2 aromatic heterocycles. The van der Waals surface area contributed by atoms with Gasteiger partial charge in [-0.2, -0.15) is 0 Å². The molecule has 280 valence electrons. The average Bonchev–Trinajstić information content (AvgIpc) is 3.45. The van der Waals surface area contributed by atoms with Gasteiger partial charge < -0.3 is 19.9 Å². The number of likely N-dealkylation sites (tertiary alicyclic amines) is 1. The SMILES string of the molecule is C.C.C.C.CC(Cl)OC(=O)Cl.Clc1cncc(Cl)c1N1CC2CC1CN(Cc1ccccc1)C2.Clc1cncc(Cl)c1N1CC2CNCC1C2. The van der Waals surface area contributed by atoms with E-state index in [4.69, 9.17) is 69.6 Å². The lowest BCUT2D eigenvalue weighted by Gasteiger charge is -2.33. The van der Waals surface area contributed by atoms with E-state index < -0.39 is 11.0 Å². The zero-order chi connectivity index (χ0) is 32.8. The first-order valence-electron chi connectivity index (χ1n) is 15.2. The molecule has 8 nitrogen and oxygen atoms in total. The van der Waals surface area contributed by atoms with Crippen molar-refractivity contribution in [1.82, 2.24) is 20.2 Å². The maximum Gasteiger partial charge on any atom is 0.405 e. The van der Waals surface area contributed by atoms with Crippen LogP contribution in [0.1, 0.15) is 55.0 Å². The summed E-state index contributed by atoms with van der Waals surface area (Å²) in [7, 11) is 0. The summed E-state index contributed by atoms with van der Waals surface area (Å²) >= 11 is 35.0. The molecule has 4 aliphatic heterocycles. The highest BCUT2D eigenvalue weighted by molar-refractivity contribution is 6.61. The molecule has 4 aliphatic rings. The van der Waals surface area contributed by atoms with E-state index in [-0.39, 0.29) is 29.7 Å². The Morgan fingerprint density at radius 3 is 1.76 bits per heavy atom.